The minimum Gasteiger partial charge on any atom is -0.340 e. The molecule has 0 unspecified atom stereocenters. The van der Waals surface area contributed by atoms with Crippen LogP contribution < -0.4 is 0 Å². The maximum Gasteiger partial charge on any atom is 0.222 e. The van der Waals surface area contributed by atoms with Crippen LogP contribution in [0, 0.1) is 5.92 Å². The number of carbonyl (C=O) groups is 1. The number of hydrogen-bond acceptors (Lipinski definition) is 7. The molecule has 5 heterocycles. The van der Waals surface area contributed by atoms with E-state index in [9.17, 15) is 13.2 Å². The first kappa shape index (κ1) is 32.9. The average molecular weight is 755 g/mol. The van der Waals surface area contributed by atoms with Gasteiger partial charge in [-0.1, -0.05) is 23.7 Å². The molecule has 3 aliphatic rings. The fraction of sp³-hybridized carbons (Fsp3) is 0.400. The largest absolute Gasteiger partial charge is 0.340 e. The van der Waals surface area contributed by atoms with Gasteiger partial charge in [0.25, 0.3) is 0 Å². The van der Waals surface area contributed by atoms with E-state index < -0.39 is 10.0 Å². The maximum atomic E-state index is 13.5. The summed E-state index contributed by atoms with van der Waals surface area (Å²) in [6.07, 6.45) is 7.31. The van der Waals surface area contributed by atoms with Gasteiger partial charge in [0, 0.05) is 72.5 Å². The lowest BCUT2D eigenvalue weighted by Crippen LogP contribution is -2.50. The van der Waals surface area contributed by atoms with E-state index in [1.54, 1.807) is 10.5 Å². The van der Waals surface area contributed by atoms with Gasteiger partial charge in [-0.05, 0) is 107 Å². The number of aromatic nitrogens is 2. The topological polar surface area (TPSA) is 86.7 Å². The Bertz CT molecular complexity index is 1800. The molecule has 1 atom stereocenters. The summed E-state index contributed by atoms with van der Waals surface area (Å²) in [5, 5.41) is 0.749. The SMILES string of the molecule is O=C(CC1CCN(S(=O)(=O)Cc2ccc(-c3ccccn3)s2)CC1)N1CCN([C@@H]2c3ccc(Cl)cc3CCc3cc(Br)cnc32)CC1. The Morgan fingerprint density at radius 3 is 2.49 bits per heavy atom. The monoisotopic (exact) mass is 753 g/mol. The van der Waals surface area contributed by atoms with Crippen LogP contribution in [-0.2, 0) is 33.4 Å². The zero-order valence-electron chi connectivity index (χ0n) is 26.0. The number of nitrogens with zero attached hydrogens (tertiary/aromatic N) is 5. The molecule has 2 saturated heterocycles. The van der Waals surface area contributed by atoms with Crippen molar-refractivity contribution in [3.05, 3.63) is 104 Å². The molecule has 0 bridgehead atoms. The van der Waals surface area contributed by atoms with Crippen molar-refractivity contribution in [2.75, 3.05) is 39.3 Å². The molecule has 0 saturated carbocycles. The number of aryl methyl sites for hydroxylation is 2. The molecule has 1 aliphatic carbocycles. The van der Waals surface area contributed by atoms with Crippen molar-refractivity contribution in [1.82, 2.24) is 24.1 Å². The Morgan fingerprint density at radius 1 is 0.936 bits per heavy atom. The lowest BCUT2D eigenvalue weighted by molar-refractivity contribution is -0.134. The number of fused-ring (bicyclic) bond motifs is 2. The van der Waals surface area contributed by atoms with Gasteiger partial charge in [-0.3, -0.25) is 19.7 Å². The van der Waals surface area contributed by atoms with Gasteiger partial charge in [0.05, 0.1) is 28.1 Å². The smallest absolute Gasteiger partial charge is 0.222 e. The highest BCUT2D eigenvalue weighted by atomic mass is 79.9. The Balaban J connectivity index is 0.934. The first-order valence-electron chi connectivity index (χ1n) is 16.2. The number of sulfonamides is 1. The minimum absolute atomic E-state index is 0.00580. The minimum atomic E-state index is -3.44. The van der Waals surface area contributed by atoms with E-state index in [2.05, 4.69) is 44.0 Å². The lowest BCUT2D eigenvalue weighted by Gasteiger charge is -2.40. The van der Waals surface area contributed by atoms with Crippen LogP contribution in [0.5, 0.6) is 0 Å². The van der Waals surface area contributed by atoms with Crippen LogP contribution in [0.15, 0.2) is 71.5 Å². The number of benzene rings is 1. The molecule has 1 aromatic carbocycles. The fourth-order valence-electron chi connectivity index (χ4n) is 7.15. The second-order valence-electron chi connectivity index (χ2n) is 12.6. The number of rotatable bonds is 7. The molecule has 12 heteroatoms. The van der Waals surface area contributed by atoms with Crippen molar-refractivity contribution in [1.29, 1.82) is 0 Å². The summed E-state index contributed by atoms with van der Waals surface area (Å²) in [5.41, 5.74) is 5.69. The van der Waals surface area contributed by atoms with Crippen molar-refractivity contribution in [2.24, 2.45) is 5.92 Å². The van der Waals surface area contributed by atoms with E-state index in [1.807, 2.05) is 47.5 Å². The Labute approximate surface area is 294 Å². The molecule has 0 radical (unpaired) electrons. The van der Waals surface area contributed by atoms with Crippen molar-refractivity contribution in [3.63, 3.8) is 0 Å². The van der Waals surface area contributed by atoms with E-state index >= 15 is 0 Å². The second-order valence-corrected chi connectivity index (χ2v) is 17.1. The van der Waals surface area contributed by atoms with E-state index in [4.69, 9.17) is 16.6 Å². The maximum absolute atomic E-state index is 13.5. The quantitative estimate of drug-likeness (QED) is 0.212. The highest BCUT2D eigenvalue weighted by Gasteiger charge is 2.35. The number of piperazine rings is 1. The molecule has 1 amide bonds. The van der Waals surface area contributed by atoms with Crippen molar-refractivity contribution >= 4 is 54.8 Å². The summed E-state index contributed by atoms with van der Waals surface area (Å²) >= 11 is 11.5. The van der Waals surface area contributed by atoms with Crippen LogP contribution in [0.25, 0.3) is 10.6 Å². The van der Waals surface area contributed by atoms with E-state index in [-0.39, 0.29) is 23.6 Å². The normalized spacial score (nSPS) is 19.6. The number of piperidine rings is 1. The molecular weight excluding hydrogens is 718 g/mol. The predicted octanol–water partition coefficient (Wildman–Crippen LogP) is 6.59. The van der Waals surface area contributed by atoms with E-state index in [1.165, 1.54) is 28.0 Å². The number of hydrogen-bond donors (Lipinski definition) is 0. The molecular formula is C35H37BrClN5O3S2. The standard InChI is InChI=1S/C35H37BrClN5O3S2/c36-27-20-26-5-4-25-21-28(37)6-8-30(25)35(34(26)39-22-27)41-17-15-40(16-18-41)33(43)19-24-10-13-42(14-11-24)47(44,45)23-29-7-9-32(46-29)31-3-1-2-12-38-31/h1-3,6-9,12,20-22,24,35H,4-5,10-11,13-19,23H2/t35-/m1/s1. The van der Waals surface area contributed by atoms with Crippen LogP contribution in [0.3, 0.4) is 0 Å². The van der Waals surface area contributed by atoms with Crippen LogP contribution in [0.2, 0.25) is 5.02 Å². The summed E-state index contributed by atoms with van der Waals surface area (Å²) < 4.78 is 29.1. The Morgan fingerprint density at radius 2 is 1.72 bits per heavy atom. The van der Waals surface area contributed by atoms with Crippen molar-refractivity contribution < 1.29 is 13.2 Å². The van der Waals surface area contributed by atoms with Gasteiger partial charge in [0.1, 0.15) is 0 Å². The third-order valence-electron chi connectivity index (χ3n) is 9.66. The molecule has 2 fully saturated rings. The average Bonchev–Trinajstić information content (AvgIpc) is 3.47. The fourth-order valence-corrected chi connectivity index (χ4v) is 10.6. The summed E-state index contributed by atoms with van der Waals surface area (Å²) in [4.78, 5) is 28.9. The van der Waals surface area contributed by atoms with Crippen molar-refractivity contribution in [2.45, 2.75) is 43.9 Å². The second kappa shape index (κ2) is 14.1. The highest BCUT2D eigenvalue weighted by molar-refractivity contribution is 9.10. The molecule has 0 spiro atoms. The van der Waals surface area contributed by atoms with Crippen LogP contribution in [-0.4, -0.2) is 77.7 Å². The third kappa shape index (κ3) is 7.35. The molecule has 4 aromatic rings. The van der Waals surface area contributed by atoms with Gasteiger partial charge >= 0.3 is 0 Å². The van der Waals surface area contributed by atoms with Gasteiger partial charge in [0.15, 0.2) is 0 Å². The van der Waals surface area contributed by atoms with Crippen LogP contribution in [0.1, 0.15) is 52.6 Å². The number of thiophene rings is 1. The molecule has 2 aliphatic heterocycles. The Hall–Kier alpha value is -2.67. The van der Waals surface area contributed by atoms with Gasteiger partial charge in [-0.25, -0.2) is 12.7 Å². The molecule has 47 heavy (non-hydrogen) atoms. The van der Waals surface area contributed by atoms with E-state index in [0.29, 0.717) is 45.4 Å². The Kier molecular flexibility index (Phi) is 9.82. The van der Waals surface area contributed by atoms with Gasteiger partial charge < -0.3 is 4.90 Å². The number of amides is 1. The zero-order chi connectivity index (χ0) is 32.5. The lowest BCUT2D eigenvalue weighted by atomic mass is 9.93. The van der Waals surface area contributed by atoms with Crippen molar-refractivity contribution in [3.8, 4) is 10.6 Å². The van der Waals surface area contributed by atoms with Crippen LogP contribution >= 0.6 is 38.9 Å². The predicted molar refractivity (Wildman–Crippen MR) is 190 cm³/mol. The number of halogens is 2. The first-order valence-corrected chi connectivity index (χ1v) is 19.8. The molecule has 8 nitrogen and oxygen atoms in total. The molecule has 7 rings (SSSR count). The van der Waals surface area contributed by atoms with Crippen LogP contribution in [0.4, 0.5) is 0 Å². The molecule has 246 valence electrons. The number of pyridine rings is 2. The summed E-state index contributed by atoms with van der Waals surface area (Å²) in [6.45, 7) is 3.77. The van der Waals surface area contributed by atoms with Gasteiger partial charge in [-0.2, -0.15) is 0 Å². The third-order valence-corrected chi connectivity index (χ3v) is 13.4. The molecule has 3 aromatic heterocycles. The highest BCUT2D eigenvalue weighted by Crippen LogP contribution is 2.38. The van der Waals surface area contributed by atoms with Gasteiger partial charge in [0.2, 0.25) is 15.9 Å². The van der Waals surface area contributed by atoms with E-state index in [0.717, 1.165) is 56.6 Å². The summed E-state index contributed by atoms with van der Waals surface area (Å²) in [5.74, 6) is 0.355. The zero-order valence-corrected chi connectivity index (χ0v) is 30.0. The summed E-state index contributed by atoms with van der Waals surface area (Å²) in [7, 11) is -3.44. The molecule has 0 N–H and O–H groups in total. The summed E-state index contributed by atoms with van der Waals surface area (Å²) in [6, 6.07) is 18.0. The van der Waals surface area contributed by atoms with Gasteiger partial charge in [-0.15, -0.1) is 11.3 Å². The number of carbonyl (C=O) groups excluding carboxylic acids is 1. The first-order chi connectivity index (χ1) is 22.7.